The summed E-state index contributed by atoms with van der Waals surface area (Å²) in [4.78, 5) is 20.9. The van der Waals surface area contributed by atoms with E-state index in [-0.39, 0.29) is 12.0 Å². The average molecular weight is 348 g/mol. The number of hydrogen-bond acceptors (Lipinski definition) is 7. The highest BCUT2D eigenvalue weighted by molar-refractivity contribution is 7.08. The maximum absolute atomic E-state index is 12.3. The number of hydrogen-bond donors (Lipinski definition) is 0. The molecule has 2 aliphatic heterocycles. The van der Waals surface area contributed by atoms with Crippen LogP contribution in [0, 0.1) is 0 Å². The van der Waals surface area contributed by atoms with Gasteiger partial charge in [0.15, 0.2) is 0 Å². The van der Waals surface area contributed by atoms with Crippen molar-refractivity contribution >= 4 is 17.2 Å². The van der Waals surface area contributed by atoms with Gasteiger partial charge >= 0.3 is 0 Å². The third-order valence-corrected chi connectivity index (χ3v) is 5.18. The lowest BCUT2D eigenvalue weighted by atomic mass is 10.2. The highest BCUT2D eigenvalue weighted by Crippen LogP contribution is 2.20. The normalized spacial score (nSPS) is 22.2. The van der Waals surface area contributed by atoms with Crippen molar-refractivity contribution < 1.29 is 14.1 Å². The fourth-order valence-corrected chi connectivity index (χ4v) is 3.76. The molecule has 24 heavy (non-hydrogen) atoms. The lowest BCUT2D eigenvalue weighted by molar-refractivity contribution is -0.142. The molecule has 0 bridgehead atoms. The number of aromatic nitrogens is 2. The summed E-state index contributed by atoms with van der Waals surface area (Å²) < 4.78 is 10.8. The van der Waals surface area contributed by atoms with Crippen LogP contribution >= 0.6 is 11.3 Å². The Morgan fingerprint density at radius 2 is 2.21 bits per heavy atom. The molecule has 128 valence electrons. The van der Waals surface area contributed by atoms with Crippen LogP contribution in [0.25, 0.3) is 11.4 Å². The van der Waals surface area contributed by atoms with Gasteiger partial charge < -0.3 is 14.2 Å². The number of amides is 1. The van der Waals surface area contributed by atoms with Crippen LogP contribution in [0.4, 0.5) is 0 Å². The van der Waals surface area contributed by atoms with E-state index in [0.717, 1.165) is 44.6 Å². The number of rotatable bonds is 4. The van der Waals surface area contributed by atoms with Gasteiger partial charge in [0.05, 0.1) is 6.54 Å². The molecule has 0 aliphatic carbocycles. The van der Waals surface area contributed by atoms with E-state index in [1.165, 1.54) is 0 Å². The minimum Gasteiger partial charge on any atom is -0.368 e. The van der Waals surface area contributed by atoms with E-state index in [9.17, 15) is 4.79 Å². The second-order valence-electron chi connectivity index (χ2n) is 6.13. The zero-order valence-corrected chi connectivity index (χ0v) is 14.2. The quantitative estimate of drug-likeness (QED) is 0.836. The smallest absolute Gasteiger partial charge is 0.251 e. The van der Waals surface area contributed by atoms with E-state index >= 15 is 0 Å². The van der Waals surface area contributed by atoms with Gasteiger partial charge in [0, 0.05) is 43.7 Å². The summed E-state index contributed by atoms with van der Waals surface area (Å²) in [6.07, 6.45) is 1.62. The molecule has 2 aromatic rings. The number of carbonyl (C=O) groups is 1. The topological polar surface area (TPSA) is 71.7 Å². The lowest BCUT2D eigenvalue weighted by Gasteiger charge is -2.35. The van der Waals surface area contributed by atoms with Crippen LogP contribution in [0.15, 0.2) is 21.3 Å². The zero-order valence-electron chi connectivity index (χ0n) is 13.4. The highest BCUT2D eigenvalue weighted by atomic mass is 32.1. The van der Waals surface area contributed by atoms with E-state index in [1.54, 1.807) is 11.3 Å². The first-order valence-corrected chi connectivity index (χ1v) is 9.22. The summed E-state index contributed by atoms with van der Waals surface area (Å²) >= 11 is 1.61. The Balaban J connectivity index is 1.29. The monoisotopic (exact) mass is 348 g/mol. The fourth-order valence-electron chi connectivity index (χ4n) is 3.12. The molecule has 1 amide bonds. The Labute approximate surface area is 144 Å². The van der Waals surface area contributed by atoms with Crippen molar-refractivity contribution in [1.29, 1.82) is 0 Å². The van der Waals surface area contributed by atoms with Crippen molar-refractivity contribution in [3.8, 4) is 11.4 Å². The second kappa shape index (κ2) is 7.00. The molecule has 4 heterocycles. The first-order chi connectivity index (χ1) is 11.8. The molecule has 0 unspecified atom stereocenters. The average Bonchev–Trinajstić information content (AvgIpc) is 3.36. The maximum Gasteiger partial charge on any atom is 0.251 e. The van der Waals surface area contributed by atoms with Gasteiger partial charge in [-0.3, -0.25) is 9.69 Å². The third kappa shape index (κ3) is 3.35. The molecule has 4 rings (SSSR count). The number of piperazine rings is 1. The van der Waals surface area contributed by atoms with Gasteiger partial charge in [-0.2, -0.15) is 16.3 Å². The Kier molecular flexibility index (Phi) is 4.59. The second-order valence-corrected chi connectivity index (χ2v) is 6.91. The van der Waals surface area contributed by atoms with Gasteiger partial charge in [-0.05, 0) is 24.3 Å². The summed E-state index contributed by atoms with van der Waals surface area (Å²) in [5.74, 6) is 1.40. The van der Waals surface area contributed by atoms with Gasteiger partial charge in [0.2, 0.25) is 11.7 Å². The van der Waals surface area contributed by atoms with Crippen LogP contribution in [-0.2, 0) is 16.1 Å². The van der Waals surface area contributed by atoms with Gasteiger partial charge in [-0.1, -0.05) is 5.16 Å². The molecular formula is C16H20N4O3S. The summed E-state index contributed by atoms with van der Waals surface area (Å²) in [5, 5.41) is 8.03. The summed E-state index contributed by atoms with van der Waals surface area (Å²) in [6, 6.07) is 1.98. The van der Waals surface area contributed by atoms with Crippen LogP contribution < -0.4 is 0 Å². The lowest BCUT2D eigenvalue weighted by Crippen LogP contribution is -2.51. The first kappa shape index (κ1) is 15.7. The molecule has 1 atom stereocenters. The molecule has 8 heteroatoms. The van der Waals surface area contributed by atoms with Crippen molar-refractivity contribution in [2.75, 3.05) is 32.8 Å². The molecule has 0 N–H and O–H groups in total. The molecular weight excluding hydrogens is 328 g/mol. The molecule has 0 radical (unpaired) electrons. The SMILES string of the molecule is O=C([C@@H]1CCCO1)N1CCN(Cc2nc(-c3ccsc3)no2)CC1. The van der Waals surface area contributed by atoms with E-state index in [1.807, 2.05) is 21.7 Å². The molecule has 2 aliphatic rings. The number of ether oxygens (including phenoxy) is 1. The van der Waals surface area contributed by atoms with Gasteiger partial charge in [-0.25, -0.2) is 0 Å². The standard InChI is InChI=1S/C16H20N4O3S/c21-16(13-2-1-8-22-13)20-6-4-19(5-7-20)10-14-17-15(18-23-14)12-3-9-24-11-12/h3,9,11,13H,1-2,4-8,10H2/t13-/m0/s1. The number of nitrogens with zero attached hydrogens (tertiary/aromatic N) is 4. The Hall–Kier alpha value is -1.77. The summed E-state index contributed by atoms with van der Waals surface area (Å²) in [7, 11) is 0. The van der Waals surface area contributed by atoms with Crippen molar-refractivity contribution in [3.63, 3.8) is 0 Å². The van der Waals surface area contributed by atoms with Crippen molar-refractivity contribution in [2.45, 2.75) is 25.5 Å². The number of thiophene rings is 1. The summed E-state index contributed by atoms with van der Waals surface area (Å²) in [6.45, 7) is 4.41. The van der Waals surface area contributed by atoms with Crippen molar-refractivity contribution in [1.82, 2.24) is 19.9 Å². The van der Waals surface area contributed by atoms with E-state index < -0.39 is 0 Å². The predicted molar refractivity (Wildman–Crippen MR) is 88.4 cm³/mol. The van der Waals surface area contributed by atoms with Gasteiger partial charge in [0.1, 0.15) is 6.10 Å². The van der Waals surface area contributed by atoms with E-state index in [2.05, 4.69) is 15.0 Å². The Morgan fingerprint density at radius 3 is 2.92 bits per heavy atom. The minimum atomic E-state index is -0.222. The van der Waals surface area contributed by atoms with Crippen LogP contribution in [-0.4, -0.2) is 64.7 Å². The maximum atomic E-state index is 12.3. The molecule has 0 spiro atoms. The van der Waals surface area contributed by atoms with E-state index in [0.29, 0.717) is 24.9 Å². The number of carbonyl (C=O) groups excluding carboxylic acids is 1. The molecule has 2 fully saturated rings. The molecule has 7 nitrogen and oxygen atoms in total. The molecule has 0 aromatic carbocycles. The largest absolute Gasteiger partial charge is 0.368 e. The molecule has 2 aromatic heterocycles. The highest BCUT2D eigenvalue weighted by Gasteiger charge is 2.30. The van der Waals surface area contributed by atoms with Crippen LogP contribution in [0.1, 0.15) is 18.7 Å². The fraction of sp³-hybridized carbons (Fsp3) is 0.562. The van der Waals surface area contributed by atoms with E-state index in [4.69, 9.17) is 9.26 Å². The van der Waals surface area contributed by atoms with Crippen molar-refractivity contribution in [3.05, 3.63) is 22.7 Å². The third-order valence-electron chi connectivity index (χ3n) is 4.50. The van der Waals surface area contributed by atoms with Crippen molar-refractivity contribution in [2.24, 2.45) is 0 Å². The van der Waals surface area contributed by atoms with Crippen LogP contribution in [0.3, 0.4) is 0 Å². The molecule has 2 saturated heterocycles. The van der Waals surface area contributed by atoms with Crippen LogP contribution in [0.5, 0.6) is 0 Å². The molecule has 0 saturated carbocycles. The first-order valence-electron chi connectivity index (χ1n) is 8.27. The van der Waals surface area contributed by atoms with Crippen LogP contribution in [0.2, 0.25) is 0 Å². The minimum absolute atomic E-state index is 0.143. The predicted octanol–water partition coefficient (Wildman–Crippen LogP) is 1.62. The zero-order chi connectivity index (χ0) is 16.4. The van der Waals surface area contributed by atoms with Gasteiger partial charge in [0.25, 0.3) is 5.91 Å². The Bertz CT molecular complexity index is 673. The Morgan fingerprint density at radius 1 is 1.33 bits per heavy atom. The summed E-state index contributed by atoms with van der Waals surface area (Å²) in [5.41, 5.74) is 0.988. The van der Waals surface area contributed by atoms with Gasteiger partial charge in [-0.15, -0.1) is 0 Å².